The van der Waals surface area contributed by atoms with Crippen molar-refractivity contribution in [3.63, 3.8) is 0 Å². The second-order valence-corrected chi connectivity index (χ2v) is 4.61. The van der Waals surface area contributed by atoms with Crippen molar-refractivity contribution in [2.45, 2.75) is 26.7 Å². The van der Waals surface area contributed by atoms with Crippen molar-refractivity contribution >= 4 is 0 Å². The number of hydrogen-bond donors (Lipinski definition) is 1. The number of phenolic OH excluding ortho intramolecular Hbond substituents is 1. The van der Waals surface area contributed by atoms with E-state index >= 15 is 0 Å². The highest BCUT2D eigenvalue weighted by atomic mass is 19.1. The van der Waals surface area contributed by atoms with Crippen LogP contribution in [0.2, 0.25) is 0 Å². The largest absolute Gasteiger partial charge is 0.507 e. The number of halogens is 1. The molecule has 0 amide bonds. The lowest BCUT2D eigenvalue weighted by atomic mass is 10.1. The smallest absolute Gasteiger partial charge is 0.261 e. The van der Waals surface area contributed by atoms with Gasteiger partial charge in [0.15, 0.2) is 5.82 Å². The van der Waals surface area contributed by atoms with E-state index in [1.165, 1.54) is 18.2 Å². The summed E-state index contributed by atoms with van der Waals surface area (Å²) in [6.45, 7) is 4.22. The number of hydrogen-bond acceptors (Lipinski definition) is 4. The maximum Gasteiger partial charge on any atom is 0.261 e. The third-order valence-corrected chi connectivity index (χ3v) is 2.60. The van der Waals surface area contributed by atoms with Crippen molar-refractivity contribution in [2.75, 3.05) is 0 Å². The zero-order valence-corrected chi connectivity index (χ0v) is 10.4. The molecule has 1 aromatic heterocycles. The van der Waals surface area contributed by atoms with Gasteiger partial charge in [-0.3, -0.25) is 0 Å². The van der Waals surface area contributed by atoms with Crippen LogP contribution < -0.4 is 0 Å². The predicted molar refractivity (Wildman–Crippen MR) is 64.5 cm³/mol. The summed E-state index contributed by atoms with van der Waals surface area (Å²) < 4.78 is 18.1. The average molecular weight is 250 g/mol. The molecule has 0 bridgehead atoms. The Bertz CT molecular complexity index is 538. The van der Waals surface area contributed by atoms with E-state index in [9.17, 15) is 9.50 Å². The summed E-state index contributed by atoms with van der Waals surface area (Å²) in [5, 5.41) is 13.4. The van der Waals surface area contributed by atoms with Gasteiger partial charge in [0, 0.05) is 6.42 Å². The number of aromatic nitrogens is 2. The van der Waals surface area contributed by atoms with Gasteiger partial charge in [0.1, 0.15) is 11.6 Å². The average Bonchev–Trinajstić information content (AvgIpc) is 2.78. The number of phenols is 1. The van der Waals surface area contributed by atoms with Crippen LogP contribution in [0, 0.1) is 11.7 Å². The standard InChI is InChI=1S/C13H15FN2O2/c1-8(2)3-6-12-15-13(18-16-12)10-7-9(14)4-5-11(10)17/h4-5,7-8,17H,3,6H2,1-2H3. The normalized spacial score (nSPS) is 11.1. The molecule has 0 saturated carbocycles. The van der Waals surface area contributed by atoms with Crippen molar-refractivity contribution in [3.8, 4) is 17.2 Å². The van der Waals surface area contributed by atoms with E-state index in [1.807, 2.05) is 0 Å². The van der Waals surface area contributed by atoms with Gasteiger partial charge in [0.25, 0.3) is 5.89 Å². The van der Waals surface area contributed by atoms with Gasteiger partial charge in [-0.05, 0) is 30.5 Å². The van der Waals surface area contributed by atoms with E-state index in [0.29, 0.717) is 18.2 Å². The van der Waals surface area contributed by atoms with E-state index in [0.717, 1.165) is 6.42 Å². The highest BCUT2D eigenvalue weighted by Crippen LogP contribution is 2.28. The highest BCUT2D eigenvalue weighted by Gasteiger charge is 2.13. The molecule has 2 rings (SSSR count). The lowest BCUT2D eigenvalue weighted by Gasteiger charge is -1.99. The van der Waals surface area contributed by atoms with Gasteiger partial charge in [0.2, 0.25) is 0 Å². The van der Waals surface area contributed by atoms with Gasteiger partial charge in [-0.2, -0.15) is 4.98 Å². The molecule has 0 aliphatic carbocycles. The minimum atomic E-state index is -0.454. The third-order valence-electron chi connectivity index (χ3n) is 2.60. The molecule has 0 fully saturated rings. The molecule has 0 unspecified atom stereocenters. The summed E-state index contributed by atoms with van der Waals surface area (Å²) in [5.41, 5.74) is 0.221. The predicted octanol–water partition coefficient (Wildman–Crippen LogP) is 3.17. The third kappa shape index (κ3) is 2.85. The number of nitrogens with zero attached hydrogens (tertiary/aromatic N) is 2. The molecule has 1 heterocycles. The quantitative estimate of drug-likeness (QED) is 0.905. The summed E-state index contributed by atoms with van der Waals surface area (Å²) >= 11 is 0. The molecular weight excluding hydrogens is 235 g/mol. The van der Waals surface area contributed by atoms with E-state index in [1.54, 1.807) is 0 Å². The highest BCUT2D eigenvalue weighted by molar-refractivity contribution is 5.61. The number of rotatable bonds is 4. The molecule has 1 aromatic carbocycles. The molecule has 0 spiro atoms. The van der Waals surface area contributed by atoms with E-state index < -0.39 is 5.82 Å². The van der Waals surface area contributed by atoms with Crippen LogP contribution in [0.1, 0.15) is 26.1 Å². The Balaban J connectivity index is 2.21. The van der Waals surface area contributed by atoms with Crippen molar-refractivity contribution in [1.29, 1.82) is 0 Å². The maximum absolute atomic E-state index is 13.1. The first-order valence-corrected chi connectivity index (χ1v) is 5.87. The fourth-order valence-electron chi connectivity index (χ4n) is 1.56. The fourth-order valence-corrected chi connectivity index (χ4v) is 1.56. The van der Waals surface area contributed by atoms with Gasteiger partial charge in [-0.15, -0.1) is 0 Å². The first-order valence-electron chi connectivity index (χ1n) is 5.87. The van der Waals surface area contributed by atoms with Gasteiger partial charge >= 0.3 is 0 Å². The Morgan fingerprint density at radius 1 is 1.39 bits per heavy atom. The first kappa shape index (κ1) is 12.5. The molecular formula is C13H15FN2O2. The van der Waals surface area contributed by atoms with Crippen molar-refractivity contribution in [2.24, 2.45) is 5.92 Å². The summed E-state index contributed by atoms with van der Waals surface area (Å²) in [4.78, 5) is 4.15. The molecule has 1 N–H and O–H groups in total. The minimum Gasteiger partial charge on any atom is -0.507 e. The molecule has 0 aliphatic heterocycles. The van der Waals surface area contributed by atoms with Gasteiger partial charge in [-0.1, -0.05) is 19.0 Å². The van der Waals surface area contributed by atoms with Crippen LogP contribution >= 0.6 is 0 Å². The Morgan fingerprint density at radius 3 is 2.89 bits per heavy atom. The van der Waals surface area contributed by atoms with Crippen LogP contribution in [0.4, 0.5) is 4.39 Å². The van der Waals surface area contributed by atoms with Crippen LogP contribution in [0.15, 0.2) is 22.7 Å². The van der Waals surface area contributed by atoms with Crippen LogP contribution in [-0.4, -0.2) is 15.2 Å². The Labute approximate surface area is 104 Å². The summed E-state index contributed by atoms with van der Waals surface area (Å²) in [6.07, 6.45) is 1.66. The Hall–Kier alpha value is -1.91. The molecule has 4 nitrogen and oxygen atoms in total. The molecule has 0 aliphatic rings. The molecule has 5 heteroatoms. The van der Waals surface area contributed by atoms with Crippen LogP contribution in [0.3, 0.4) is 0 Å². The summed E-state index contributed by atoms with van der Waals surface area (Å²) in [5.74, 6) is 0.739. The zero-order chi connectivity index (χ0) is 13.1. The summed E-state index contributed by atoms with van der Waals surface area (Å²) in [6, 6.07) is 3.62. The second kappa shape index (κ2) is 5.16. The lowest BCUT2D eigenvalue weighted by molar-refractivity contribution is 0.414. The Morgan fingerprint density at radius 2 is 2.17 bits per heavy atom. The molecule has 18 heavy (non-hydrogen) atoms. The van der Waals surface area contributed by atoms with Crippen LogP contribution in [-0.2, 0) is 6.42 Å². The number of aromatic hydroxyl groups is 1. The molecule has 2 aromatic rings. The van der Waals surface area contributed by atoms with E-state index in [2.05, 4.69) is 24.0 Å². The fraction of sp³-hybridized carbons (Fsp3) is 0.385. The monoisotopic (exact) mass is 250 g/mol. The van der Waals surface area contributed by atoms with E-state index in [-0.39, 0.29) is 17.2 Å². The summed E-state index contributed by atoms with van der Waals surface area (Å²) in [7, 11) is 0. The van der Waals surface area contributed by atoms with Gasteiger partial charge < -0.3 is 9.63 Å². The van der Waals surface area contributed by atoms with Crippen molar-refractivity contribution in [1.82, 2.24) is 10.1 Å². The molecule has 96 valence electrons. The van der Waals surface area contributed by atoms with Gasteiger partial charge in [-0.25, -0.2) is 4.39 Å². The van der Waals surface area contributed by atoms with Crippen molar-refractivity contribution < 1.29 is 14.0 Å². The number of aryl methyl sites for hydroxylation is 1. The first-order chi connectivity index (χ1) is 8.56. The molecule has 0 atom stereocenters. The topological polar surface area (TPSA) is 59.2 Å². The SMILES string of the molecule is CC(C)CCc1noc(-c2cc(F)ccc2O)n1. The molecule has 0 saturated heterocycles. The van der Waals surface area contributed by atoms with Crippen LogP contribution in [0.5, 0.6) is 5.75 Å². The molecule has 0 radical (unpaired) electrons. The lowest BCUT2D eigenvalue weighted by Crippen LogP contribution is -1.94. The Kier molecular flexibility index (Phi) is 3.60. The minimum absolute atomic E-state index is 0.0736. The number of benzene rings is 1. The zero-order valence-electron chi connectivity index (χ0n) is 10.4. The van der Waals surface area contributed by atoms with Crippen LogP contribution in [0.25, 0.3) is 11.5 Å². The van der Waals surface area contributed by atoms with Gasteiger partial charge in [0.05, 0.1) is 5.56 Å². The van der Waals surface area contributed by atoms with E-state index in [4.69, 9.17) is 4.52 Å². The second-order valence-electron chi connectivity index (χ2n) is 4.61. The van der Waals surface area contributed by atoms with Crippen molar-refractivity contribution in [3.05, 3.63) is 29.8 Å². The maximum atomic E-state index is 13.1.